The average Bonchev–Trinajstić information content (AvgIpc) is 3.22. The summed E-state index contributed by atoms with van der Waals surface area (Å²) in [6.45, 7) is 6.34. The zero-order valence-electron chi connectivity index (χ0n) is 14.8. The molecule has 2 aliphatic rings. The van der Waals surface area contributed by atoms with Gasteiger partial charge in [0.25, 0.3) is 0 Å². The van der Waals surface area contributed by atoms with Gasteiger partial charge < -0.3 is 9.80 Å². The van der Waals surface area contributed by atoms with E-state index in [2.05, 4.69) is 69.8 Å². The van der Waals surface area contributed by atoms with Crippen LogP contribution in [0, 0.1) is 0 Å². The fraction of sp³-hybridized carbons (Fsp3) is 0.182. The third kappa shape index (κ3) is 2.30. The van der Waals surface area contributed by atoms with Crippen molar-refractivity contribution in [3.63, 3.8) is 0 Å². The number of fused-ring (bicyclic) bond motifs is 2. The Morgan fingerprint density at radius 2 is 1.77 bits per heavy atom. The highest BCUT2D eigenvalue weighted by Gasteiger charge is 2.25. The lowest BCUT2D eigenvalue weighted by atomic mass is 10.0. The minimum atomic E-state index is 0.863. The first-order valence-electron chi connectivity index (χ1n) is 8.90. The maximum absolute atomic E-state index is 4.38. The summed E-state index contributed by atoms with van der Waals surface area (Å²) < 4.78 is 0. The lowest BCUT2D eigenvalue weighted by Gasteiger charge is -2.22. The Kier molecular flexibility index (Phi) is 3.32. The van der Waals surface area contributed by atoms with Gasteiger partial charge in [-0.1, -0.05) is 24.8 Å². The van der Waals surface area contributed by atoms with Gasteiger partial charge in [-0.3, -0.25) is 0 Å². The van der Waals surface area contributed by atoms with E-state index < -0.39 is 0 Å². The van der Waals surface area contributed by atoms with Gasteiger partial charge in [0.15, 0.2) is 0 Å². The van der Waals surface area contributed by atoms with Crippen LogP contribution in [0.25, 0.3) is 16.8 Å². The molecule has 2 aliphatic heterocycles. The number of anilines is 2. The van der Waals surface area contributed by atoms with Crippen LogP contribution >= 0.6 is 0 Å². The van der Waals surface area contributed by atoms with Crippen LogP contribution in [0.2, 0.25) is 0 Å². The molecule has 0 aliphatic carbocycles. The van der Waals surface area contributed by atoms with Crippen molar-refractivity contribution in [2.24, 2.45) is 0 Å². The van der Waals surface area contributed by atoms with E-state index in [0.717, 1.165) is 36.3 Å². The Hall–Kier alpha value is -3.14. The molecule has 0 saturated carbocycles. The van der Waals surface area contributed by atoms with Crippen LogP contribution in [0.1, 0.15) is 16.7 Å². The molecule has 0 fully saturated rings. The average molecular weight is 340 g/mol. The van der Waals surface area contributed by atoms with E-state index in [0.29, 0.717) is 0 Å². The SMILES string of the molecule is C=C1c2cc(-c3cncnc3)ccc2CN1c1ccc2c(c1)N(C)CC2. The van der Waals surface area contributed by atoms with E-state index in [1.165, 1.54) is 28.1 Å². The number of hydrogen-bond acceptors (Lipinski definition) is 4. The van der Waals surface area contributed by atoms with Gasteiger partial charge in [-0.25, -0.2) is 9.97 Å². The van der Waals surface area contributed by atoms with Crippen molar-refractivity contribution in [1.82, 2.24) is 9.97 Å². The standard InChI is InChI=1S/C22H20N4/c1-15-21-9-17(19-11-23-14-24-12-19)3-4-18(21)13-26(15)20-6-5-16-7-8-25(2)22(16)10-20/h3-6,9-12,14H,1,7-8,13H2,2H3. The summed E-state index contributed by atoms with van der Waals surface area (Å²) in [6.07, 6.45) is 6.39. The van der Waals surface area contributed by atoms with Gasteiger partial charge in [0, 0.05) is 60.7 Å². The zero-order valence-corrected chi connectivity index (χ0v) is 14.8. The second-order valence-corrected chi connectivity index (χ2v) is 7.02. The van der Waals surface area contributed by atoms with Gasteiger partial charge in [0.2, 0.25) is 0 Å². The van der Waals surface area contributed by atoms with Crippen LogP contribution in [0.5, 0.6) is 0 Å². The maximum Gasteiger partial charge on any atom is 0.115 e. The number of likely N-dealkylation sites (N-methyl/N-ethyl adjacent to an activating group) is 1. The van der Waals surface area contributed by atoms with E-state index >= 15 is 0 Å². The molecule has 3 heterocycles. The Balaban J connectivity index is 1.50. The largest absolute Gasteiger partial charge is 0.374 e. The van der Waals surface area contributed by atoms with Crippen LogP contribution in [-0.4, -0.2) is 23.6 Å². The molecule has 0 amide bonds. The van der Waals surface area contributed by atoms with Crippen molar-refractivity contribution in [3.05, 3.63) is 78.4 Å². The van der Waals surface area contributed by atoms with Gasteiger partial charge >= 0.3 is 0 Å². The predicted octanol–water partition coefficient (Wildman–Crippen LogP) is 4.13. The molecule has 0 saturated heterocycles. The topological polar surface area (TPSA) is 32.3 Å². The Morgan fingerprint density at radius 1 is 0.962 bits per heavy atom. The number of hydrogen-bond donors (Lipinski definition) is 0. The molecule has 3 aromatic rings. The quantitative estimate of drug-likeness (QED) is 0.702. The molecule has 0 spiro atoms. The van der Waals surface area contributed by atoms with Crippen molar-refractivity contribution >= 4 is 17.1 Å². The molecule has 26 heavy (non-hydrogen) atoms. The van der Waals surface area contributed by atoms with Crippen LogP contribution < -0.4 is 9.80 Å². The van der Waals surface area contributed by atoms with Crippen molar-refractivity contribution in [2.45, 2.75) is 13.0 Å². The summed E-state index contributed by atoms with van der Waals surface area (Å²) in [7, 11) is 2.16. The highest BCUT2D eigenvalue weighted by Crippen LogP contribution is 2.40. The molecule has 0 atom stereocenters. The fourth-order valence-corrected chi connectivity index (χ4v) is 3.96. The summed E-state index contributed by atoms with van der Waals surface area (Å²) in [4.78, 5) is 12.9. The van der Waals surface area contributed by atoms with E-state index in [-0.39, 0.29) is 0 Å². The Labute approximate surface area is 153 Å². The molecular formula is C22H20N4. The van der Waals surface area contributed by atoms with Crippen molar-refractivity contribution in [2.75, 3.05) is 23.4 Å². The molecule has 5 rings (SSSR count). The van der Waals surface area contributed by atoms with Crippen molar-refractivity contribution in [3.8, 4) is 11.1 Å². The van der Waals surface area contributed by atoms with Crippen molar-refractivity contribution in [1.29, 1.82) is 0 Å². The number of nitrogens with zero attached hydrogens (tertiary/aromatic N) is 4. The van der Waals surface area contributed by atoms with E-state index in [9.17, 15) is 0 Å². The molecule has 4 heteroatoms. The fourth-order valence-electron chi connectivity index (χ4n) is 3.96. The molecule has 0 radical (unpaired) electrons. The Bertz CT molecular complexity index is 1010. The van der Waals surface area contributed by atoms with Crippen LogP contribution in [0.4, 0.5) is 11.4 Å². The molecular weight excluding hydrogens is 320 g/mol. The van der Waals surface area contributed by atoms with E-state index in [4.69, 9.17) is 0 Å². The molecule has 1 aromatic heterocycles. The third-order valence-corrected chi connectivity index (χ3v) is 5.48. The van der Waals surface area contributed by atoms with Crippen LogP contribution in [0.3, 0.4) is 0 Å². The number of rotatable bonds is 2. The molecule has 0 N–H and O–H groups in total. The molecule has 128 valence electrons. The minimum Gasteiger partial charge on any atom is -0.374 e. The highest BCUT2D eigenvalue weighted by atomic mass is 15.2. The maximum atomic E-state index is 4.38. The van der Waals surface area contributed by atoms with Gasteiger partial charge in [-0.2, -0.15) is 0 Å². The van der Waals surface area contributed by atoms with Gasteiger partial charge in [0.1, 0.15) is 6.33 Å². The van der Waals surface area contributed by atoms with E-state index in [1.54, 1.807) is 6.33 Å². The zero-order chi connectivity index (χ0) is 17.7. The van der Waals surface area contributed by atoms with Crippen molar-refractivity contribution < 1.29 is 0 Å². The normalized spacial score (nSPS) is 15.3. The predicted molar refractivity (Wildman–Crippen MR) is 106 cm³/mol. The molecule has 0 bridgehead atoms. The number of benzene rings is 2. The summed E-state index contributed by atoms with van der Waals surface area (Å²) in [6, 6.07) is 13.3. The number of aromatic nitrogens is 2. The second kappa shape index (κ2) is 5.70. The van der Waals surface area contributed by atoms with E-state index in [1.807, 2.05) is 12.4 Å². The highest BCUT2D eigenvalue weighted by molar-refractivity contribution is 5.87. The van der Waals surface area contributed by atoms with Gasteiger partial charge in [-0.05, 0) is 41.3 Å². The monoisotopic (exact) mass is 340 g/mol. The van der Waals surface area contributed by atoms with Crippen LogP contribution in [0.15, 0.2) is 61.7 Å². The smallest absolute Gasteiger partial charge is 0.115 e. The third-order valence-electron chi connectivity index (χ3n) is 5.48. The van der Waals surface area contributed by atoms with Crippen LogP contribution in [-0.2, 0) is 13.0 Å². The molecule has 0 unspecified atom stereocenters. The summed E-state index contributed by atoms with van der Waals surface area (Å²) in [5.41, 5.74) is 9.72. The minimum absolute atomic E-state index is 0.863. The summed E-state index contributed by atoms with van der Waals surface area (Å²) >= 11 is 0. The lowest BCUT2D eigenvalue weighted by molar-refractivity contribution is 0.956. The van der Waals surface area contributed by atoms with Gasteiger partial charge in [0.05, 0.1) is 0 Å². The van der Waals surface area contributed by atoms with Gasteiger partial charge in [-0.15, -0.1) is 0 Å². The second-order valence-electron chi connectivity index (χ2n) is 7.02. The Morgan fingerprint density at radius 3 is 2.62 bits per heavy atom. The summed E-state index contributed by atoms with van der Waals surface area (Å²) in [5, 5.41) is 0. The first kappa shape index (κ1) is 15.1. The molecule has 4 nitrogen and oxygen atoms in total. The first-order chi connectivity index (χ1) is 12.7. The molecule has 2 aromatic carbocycles. The summed E-state index contributed by atoms with van der Waals surface area (Å²) in [5.74, 6) is 0. The first-order valence-corrected chi connectivity index (χ1v) is 8.90. The lowest BCUT2D eigenvalue weighted by Crippen LogP contribution is -2.15.